The van der Waals surface area contributed by atoms with Gasteiger partial charge in [0.2, 0.25) is 0 Å². The molecule has 0 saturated heterocycles. The Bertz CT molecular complexity index is 299. The second-order valence-corrected chi connectivity index (χ2v) is 3.50. The summed E-state index contributed by atoms with van der Waals surface area (Å²) in [6.45, 7) is 5.78. The van der Waals surface area contributed by atoms with E-state index in [0.717, 1.165) is 6.42 Å². The molecule has 0 unspecified atom stereocenters. The van der Waals surface area contributed by atoms with E-state index in [1.807, 2.05) is 38.1 Å². The molecule has 0 aliphatic carbocycles. The third-order valence-electron chi connectivity index (χ3n) is 1.94. The number of rotatable bonds is 3. The van der Waals surface area contributed by atoms with Gasteiger partial charge in [-0.2, -0.15) is 0 Å². The third-order valence-corrected chi connectivity index (χ3v) is 1.94. The van der Waals surface area contributed by atoms with Gasteiger partial charge >= 0.3 is 5.97 Å². The van der Waals surface area contributed by atoms with Crippen molar-refractivity contribution in [1.29, 1.82) is 0 Å². The predicted octanol–water partition coefficient (Wildman–Crippen LogP) is 2.81. The number of hydrogen-bond acceptors (Lipinski definition) is 2. The maximum atomic E-state index is 11.4. The van der Waals surface area contributed by atoms with E-state index in [4.69, 9.17) is 4.74 Å². The SMILES string of the molecule is CCc1ccc(C(=O)OC(C)C)cc1. The van der Waals surface area contributed by atoms with Crippen LogP contribution in [0.5, 0.6) is 0 Å². The lowest BCUT2D eigenvalue weighted by molar-refractivity contribution is 0.0378. The van der Waals surface area contributed by atoms with Crippen LogP contribution in [0.25, 0.3) is 0 Å². The van der Waals surface area contributed by atoms with Crippen LogP contribution in [0, 0.1) is 0 Å². The molecular weight excluding hydrogens is 176 g/mol. The standard InChI is InChI=1S/C12H16O2/c1-4-10-5-7-11(8-6-10)12(13)14-9(2)3/h5-9H,4H2,1-3H3. The zero-order valence-corrected chi connectivity index (χ0v) is 8.91. The molecule has 1 aromatic carbocycles. The smallest absolute Gasteiger partial charge is 0.338 e. The van der Waals surface area contributed by atoms with Gasteiger partial charge in [-0.1, -0.05) is 19.1 Å². The Morgan fingerprint density at radius 1 is 1.29 bits per heavy atom. The van der Waals surface area contributed by atoms with E-state index in [9.17, 15) is 4.79 Å². The number of ether oxygens (including phenoxy) is 1. The summed E-state index contributed by atoms with van der Waals surface area (Å²) in [5, 5.41) is 0. The quantitative estimate of drug-likeness (QED) is 0.688. The van der Waals surface area contributed by atoms with Crippen LogP contribution in [-0.2, 0) is 11.2 Å². The lowest BCUT2D eigenvalue weighted by Gasteiger charge is -2.07. The second kappa shape index (κ2) is 4.80. The second-order valence-electron chi connectivity index (χ2n) is 3.50. The van der Waals surface area contributed by atoms with Gasteiger partial charge in [0, 0.05) is 0 Å². The Morgan fingerprint density at radius 3 is 2.29 bits per heavy atom. The summed E-state index contributed by atoms with van der Waals surface area (Å²) in [5.41, 5.74) is 1.85. The van der Waals surface area contributed by atoms with Crippen molar-refractivity contribution in [3.8, 4) is 0 Å². The average Bonchev–Trinajstić information content (AvgIpc) is 2.17. The topological polar surface area (TPSA) is 26.3 Å². The third kappa shape index (κ3) is 2.87. The molecule has 0 spiro atoms. The van der Waals surface area contributed by atoms with Crippen LogP contribution in [-0.4, -0.2) is 12.1 Å². The highest BCUT2D eigenvalue weighted by molar-refractivity contribution is 5.89. The minimum Gasteiger partial charge on any atom is -0.459 e. The first kappa shape index (κ1) is 10.8. The van der Waals surface area contributed by atoms with Crippen molar-refractivity contribution in [2.24, 2.45) is 0 Å². The molecular formula is C12H16O2. The van der Waals surface area contributed by atoms with Gasteiger partial charge in [0.25, 0.3) is 0 Å². The molecule has 2 heteroatoms. The van der Waals surface area contributed by atoms with E-state index in [0.29, 0.717) is 5.56 Å². The van der Waals surface area contributed by atoms with Gasteiger partial charge in [-0.3, -0.25) is 0 Å². The van der Waals surface area contributed by atoms with E-state index < -0.39 is 0 Å². The van der Waals surface area contributed by atoms with Crippen LogP contribution in [0.4, 0.5) is 0 Å². The first-order chi connectivity index (χ1) is 6.63. The molecule has 1 aromatic rings. The Labute approximate surface area is 84.9 Å². The molecule has 0 heterocycles. The molecule has 0 saturated carbocycles. The van der Waals surface area contributed by atoms with Gasteiger partial charge in [-0.05, 0) is 38.0 Å². The number of carbonyl (C=O) groups is 1. The van der Waals surface area contributed by atoms with Crippen molar-refractivity contribution in [3.05, 3.63) is 35.4 Å². The predicted molar refractivity (Wildman–Crippen MR) is 56.4 cm³/mol. The number of hydrogen-bond donors (Lipinski definition) is 0. The molecule has 0 amide bonds. The fraction of sp³-hybridized carbons (Fsp3) is 0.417. The van der Waals surface area contributed by atoms with E-state index in [1.54, 1.807) is 0 Å². The molecule has 0 aliphatic heterocycles. The highest BCUT2D eigenvalue weighted by atomic mass is 16.5. The molecule has 14 heavy (non-hydrogen) atoms. The van der Waals surface area contributed by atoms with E-state index in [1.165, 1.54) is 5.56 Å². The van der Waals surface area contributed by atoms with Gasteiger partial charge in [-0.25, -0.2) is 4.79 Å². The van der Waals surface area contributed by atoms with Crippen molar-refractivity contribution >= 4 is 5.97 Å². The van der Waals surface area contributed by atoms with E-state index in [-0.39, 0.29) is 12.1 Å². The summed E-state index contributed by atoms with van der Waals surface area (Å²) < 4.78 is 5.07. The lowest BCUT2D eigenvalue weighted by Crippen LogP contribution is -2.11. The van der Waals surface area contributed by atoms with Gasteiger partial charge < -0.3 is 4.74 Å². The maximum absolute atomic E-state index is 11.4. The van der Waals surface area contributed by atoms with Crippen LogP contribution in [0.1, 0.15) is 36.7 Å². The number of benzene rings is 1. The average molecular weight is 192 g/mol. The van der Waals surface area contributed by atoms with Gasteiger partial charge in [0.1, 0.15) is 0 Å². The van der Waals surface area contributed by atoms with Gasteiger partial charge in [0.15, 0.2) is 0 Å². The van der Waals surface area contributed by atoms with Gasteiger partial charge in [0.05, 0.1) is 11.7 Å². The van der Waals surface area contributed by atoms with E-state index >= 15 is 0 Å². The van der Waals surface area contributed by atoms with Crippen molar-refractivity contribution in [1.82, 2.24) is 0 Å². The van der Waals surface area contributed by atoms with Crippen molar-refractivity contribution in [2.45, 2.75) is 33.3 Å². The molecule has 0 bridgehead atoms. The molecule has 0 aromatic heterocycles. The van der Waals surface area contributed by atoms with Crippen LogP contribution < -0.4 is 0 Å². The van der Waals surface area contributed by atoms with Crippen molar-refractivity contribution in [2.75, 3.05) is 0 Å². The lowest BCUT2D eigenvalue weighted by atomic mass is 10.1. The number of carbonyl (C=O) groups excluding carboxylic acids is 1. The normalized spacial score (nSPS) is 10.3. The summed E-state index contributed by atoms with van der Waals surface area (Å²) in [6, 6.07) is 7.53. The summed E-state index contributed by atoms with van der Waals surface area (Å²) in [6.07, 6.45) is 0.924. The molecule has 0 aliphatic rings. The van der Waals surface area contributed by atoms with E-state index in [2.05, 4.69) is 6.92 Å². The summed E-state index contributed by atoms with van der Waals surface area (Å²) in [4.78, 5) is 11.4. The first-order valence-corrected chi connectivity index (χ1v) is 4.93. The molecule has 1 rings (SSSR count). The Hall–Kier alpha value is -1.31. The summed E-state index contributed by atoms with van der Waals surface area (Å²) in [5.74, 6) is -0.248. The minimum atomic E-state index is -0.248. The molecule has 76 valence electrons. The fourth-order valence-corrected chi connectivity index (χ4v) is 1.16. The number of aryl methyl sites for hydroxylation is 1. The highest BCUT2D eigenvalue weighted by Gasteiger charge is 2.07. The van der Waals surface area contributed by atoms with Gasteiger partial charge in [-0.15, -0.1) is 0 Å². The van der Waals surface area contributed by atoms with Crippen LogP contribution in [0.3, 0.4) is 0 Å². The molecule has 0 fully saturated rings. The number of esters is 1. The van der Waals surface area contributed by atoms with Crippen LogP contribution >= 0.6 is 0 Å². The zero-order valence-electron chi connectivity index (χ0n) is 8.91. The van der Waals surface area contributed by atoms with Crippen molar-refractivity contribution in [3.63, 3.8) is 0 Å². The molecule has 0 radical (unpaired) electrons. The van der Waals surface area contributed by atoms with Crippen molar-refractivity contribution < 1.29 is 9.53 Å². The van der Waals surface area contributed by atoms with Crippen LogP contribution in [0.15, 0.2) is 24.3 Å². The molecule has 0 atom stereocenters. The summed E-state index contributed by atoms with van der Waals surface area (Å²) in [7, 11) is 0. The highest BCUT2D eigenvalue weighted by Crippen LogP contribution is 2.07. The maximum Gasteiger partial charge on any atom is 0.338 e. The summed E-state index contributed by atoms with van der Waals surface area (Å²) >= 11 is 0. The molecule has 0 N–H and O–H groups in total. The Morgan fingerprint density at radius 2 is 1.86 bits per heavy atom. The fourth-order valence-electron chi connectivity index (χ4n) is 1.16. The minimum absolute atomic E-state index is 0.0617. The monoisotopic (exact) mass is 192 g/mol. The Kier molecular flexibility index (Phi) is 3.69. The molecule has 2 nitrogen and oxygen atoms in total. The van der Waals surface area contributed by atoms with Crippen LogP contribution in [0.2, 0.25) is 0 Å². The zero-order chi connectivity index (χ0) is 10.6. The largest absolute Gasteiger partial charge is 0.459 e. The Balaban J connectivity index is 2.71. The first-order valence-electron chi connectivity index (χ1n) is 4.93.